The first-order valence-corrected chi connectivity index (χ1v) is 5.25. The highest BCUT2D eigenvalue weighted by Crippen LogP contribution is 2.38. The van der Waals surface area contributed by atoms with Gasteiger partial charge in [-0.05, 0) is 39.0 Å². The summed E-state index contributed by atoms with van der Waals surface area (Å²) in [5.74, 6) is -0.678. The van der Waals surface area contributed by atoms with Crippen molar-refractivity contribution in [2.75, 3.05) is 0 Å². The first-order chi connectivity index (χ1) is 8.00. The number of nitrogen functional groups attached to an aromatic ring is 1. The highest BCUT2D eigenvalue weighted by molar-refractivity contribution is 5.95. The maximum absolute atomic E-state index is 12.9. The summed E-state index contributed by atoms with van der Waals surface area (Å²) in [6.07, 6.45) is -4.55. The number of alkyl halides is 3. The van der Waals surface area contributed by atoms with Gasteiger partial charge in [0.1, 0.15) is 17.2 Å². The van der Waals surface area contributed by atoms with Gasteiger partial charge in [0.2, 0.25) is 0 Å². The lowest BCUT2D eigenvalue weighted by Crippen LogP contribution is -2.25. The largest absolute Gasteiger partial charge is 0.488 e. The monoisotopic (exact) mass is 260 g/mol. The number of nitrogens with one attached hydrogen (secondary N) is 1. The third-order valence-electron chi connectivity index (χ3n) is 2.01. The van der Waals surface area contributed by atoms with Crippen LogP contribution in [0.3, 0.4) is 0 Å². The fraction of sp³-hybridized carbons (Fsp3) is 0.417. The number of nitrogens with two attached hydrogens (primary N) is 1. The lowest BCUT2D eigenvalue weighted by molar-refractivity contribution is -0.139. The summed E-state index contributed by atoms with van der Waals surface area (Å²) in [6.45, 7) is 4.98. The van der Waals surface area contributed by atoms with Gasteiger partial charge in [-0.25, -0.2) is 0 Å². The van der Waals surface area contributed by atoms with Crippen molar-refractivity contribution in [3.8, 4) is 5.75 Å². The molecule has 0 saturated carbocycles. The third kappa shape index (κ3) is 3.65. The minimum Gasteiger partial charge on any atom is -0.488 e. The summed E-state index contributed by atoms with van der Waals surface area (Å²) < 4.78 is 43.9. The van der Waals surface area contributed by atoms with Gasteiger partial charge >= 0.3 is 6.18 Å². The second kappa shape index (κ2) is 4.51. The van der Waals surface area contributed by atoms with Crippen LogP contribution < -0.4 is 10.5 Å². The highest BCUT2D eigenvalue weighted by Gasteiger charge is 2.35. The number of hydrogen-bond acceptors (Lipinski definition) is 2. The summed E-state index contributed by atoms with van der Waals surface area (Å²) in [5.41, 5.74) is 3.53. The molecule has 1 rings (SSSR count). The van der Waals surface area contributed by atoms with Gasteiger partial charge in [0.15, 0.2) is 0 Å². The maximum Gasteiger partial charge on any atom is 0.419 e. The zero-order valence-electron chi connectivity index (χ0n) is 10.4. The fourth-order valence-corrected chi connectivity index (χ4v) is 1.34. The highest BCUT2D eigenvalue weighted by atomic mass is 19.4. The zero-order chi connectivity index (χ0) is 14.1. The van der Waals surface area contributed by atoms with Gasteiger partial charge in [-0.1, -0.05) is 0 Å². The fourth-order valence-electron chi connectivity index (χ4n) is 1.34. The van der Waals surface area contributed by atoms with E-state index in [1.807, 2.05) is 0 Å². The number of ether oxygens (including phenoxy) is 1. The van der Waals surface area contributed by atoms with Crippen molar-refractivity contribution in [2.45, 2.75) is 32.5 Å². The van der Waals surface area contributed by atoms with E-state index in [4.69, 9.17) is 15.9 Å². The van der Waals surface area contributed by atoms with Crippen LogP contribution in [0.5, 0.6) is 5.75 Å². The molecule has 0 aliphatic rings. The molecule has 0 amide bonds. The minimum absolute atomic E-state index is 0.0172. The van der Waals surface area contributed by atoms with E-state index >= 15 is 0 Å². The molecular formula is C12H15F3N2O. The quantitative estimate of drug-likeness (QED) is 0.633. The van der Waals surface area contributed by atoms with Crippen LogP contribution in [-0.4, -0.2) is 11.4 Å². The van der Waals surface area contributed by atoms with Gasteiger partial charge in [0.05, 0.1) is 5.56 Å². The molecule has 0 aliphatic carbocycles. The summed E-state index contributed by atoms with van der Waals surface area (Å²) in [7, 11) is 0. The predicted molar refractivity (Wildman–Crippen MR) is 62.8 cm³/mol. The van der Waals surface area contributed by atoms with Crippen LogP contribution >= 0.6 is 0 Å². The molecule has 0 saturated heterocycles. The van der Waals surface area contributed by atoms with Crippen molar-refractivity contribution < 1.29 is 17.9 Å². The van der Waals surface area contributed by atoms with Gasteiger partial charge in [-0.15, -0.1) is 0 Å². The van der Waals surface area contributed by atoms with E-state index in [0.717, 1.165) is 6.07 Å². The molecule has 18 heavy (non-hydrogen) atoms. The minimum atomic E-state index is -4.55. The van der Waals surface area contributed by atoms with Crippen molar-refractivity contribution in [3.63, 3.8) is 0 Å². The van der Waals surface area contributed by atoms with Gasteiger partial charge < -0.3 is 10.5 Å². The van der Waals surface area contributed by atoms with Crippen molar-refractivity contribution in [1.82, 2.24) is 0 Å². The second-order valence-corrected chi connectivity index (χ2v) is 4.84. The summed E-state index contributed by atoms with van der Waals surface area (Å²) in [6, 6.07) is 3.34. The van der Waals surface area contributed by atoms with Gasteiger partial charge in [0.25, 0.3) is 0 Å². The second-order valence-electron chi connectivity index (χ2n) is 4.84. The first-order valence-electron chi connectivity index (χ1n) is 5.25. The number of rotatable bonds is 2. The number of benzene rings is 1. The topological polar surface area (TPSA) is 59.1 Å². The Morgan fingerprint density at radius 1 is 1.22 bits per heavy atom. The van der Waals surface area contributed by atoms with E-state index in [1.54, 1.807) is 20.8 Å². The Morgan fingerprint density at radius 3 is 2.17 bits per heavy atom. The SMILES string of the molecule is CC(C)(C)Oc1ccc(C(=N)N)cc1C(F)(F)F. The Kier molecular flexibility index (Phi) is 3.59. The van der Waals surface area contributed by atoms with Gasteiger partial charge in [0, 0.05) is 5.56 Å². The van der Waals surface area contributed by atoms with Gasteiger partial charge in [-0.3, -0.25) is 5.41 Å². The molecule has 0 spiro atoms. The molecule has 0 heterocycles. The standard InChI is InChI=1S/C12H15F3N2O/c1-11(2,3)18-9-5-4-7(10(16)17)6-8(9)12(13,14)15/h4-6H,1-3H3,(H3,16,17). The molecule has 1 aromatic carbocycles. The van der Waals surface area contributed by atoms with Crippen molar-refractivity contribution in [1.29, 1.82) is 5.41 Å². The molecule has 0 atom stereocenters. The van der Waals surface area contributed by atoms with Crippen LogP contribution in [0.25, 0.3) is 0 Å². The Balaban J connectivity index is 3.30. The number of halogens is 3. The molecular weight excluding hydrogens is 245 g/mol. The summed E-state index contributed by atoms with van der Waals surface area (Å²) in [4.78, 5) is 0. The normalized spacial score (nSPS) is 12.3. The van der Waals surface area contributed by atoms with Crippen molar-refractivity contribution in [3.05, 3.63) is 29.3 Å². The number of hydrogen-bond donors (Lipinski definition) is 2. The summed E-state index contributed by atoms with van der Waals surface area (Å²) in [5, 5.41) is 7.16. The Labute approximate surface area is 103 Å². The van der Waals surface area contributed by atoms with Crippen molar-refractivity contribution >= 4 is 5.84 Å². The molecule has 100 valence electrons. The van der Waals surface area contributed by atoms with E-state index in [0.29, 0.717) is 0 Å². The molecule has 0 radical (unpaired) electrons. The molecule has 0 aliphatic heterocycles. The van der Waals surface area contributed by atoms with Crippen molar-refractivity contribution in [2.24, 2.45) is 5.73 Å². The molecule has 3 N–H and O–H groups in total. The lowest BCUT2D eigenvalue weighted by Gasteiger charge is -2.24. The molecule has 0 bridgehead atoms. The lowest BCUT2D eigenvalue weighted by atomic mass is 10.1. The van der Waals surface area contributed by atoms with Crippen LogP contribution in [0, 0.1) is 5.41 Å². The van der Waals surface area contributed by atoms with Crippen LogP contribution in [0.4, 0.5) is 13.2 Å². The Bertz CT molecular complexity index is 461. The maximum atomic E-state index is 12.9. The van der Waals surface area contributed by atoms with Crippen LogP contribution in [0.1, 0.15) is 31.9 Å². The molecule has 3 nitrogen and oxygen atoms in total. The van der Waals surface area contributed by atoms with E-state index in [2.05, 4.69) is 0 Å². The average Bonchev–Trinajstić information content (AvgIpc) is 2.13. The van der Waals surface area contributed by atoms with Crippen LogP contribution in [0.2, 0.25) is 0 Å². The summed E-state index contributed by atoms with van der Waals surface area (Å²) >= 11 is 0. The molecule has 0 unspecified atom stereocenters. The molecule has 0 fully saturated rings. The number of amidine groups is 1. The first kappa shape index (κ1) is 14.3. The molecule has 1 aromatic rings. The average molecular weight is 260 g/mol. The van der Waals surface area contributed by atoms with E-state index in [9.17, 15) is 13.2 Å². The van der Waals surface area contributed by atoms with E-state index < -0.39 is 23.2 Å². The Hall–Kier alpha value is -1.72. The third-order valence-corrected chi connectivity index (χ3v) is 2.01. The smallest absolute Gasteiger partial charge is 0.419 e. The van der Waals surface area contributed by atoms with Gasteiger partial charge in [-0.2, -0.15) is 13.2 Å². The molecule has 6 heteroatoms. The zero-order valence-corrected chi connectivity index (χ0v) is 10.4. The van der Waals surface area contributed by atoms with E-state index in [1.165, 1.54) is 12.1 Å². The van der Waals surface area contributed by atoms with E-state index in [-0.39, 0.29) is 11.3 Å². The molecule has 0 aromatic heterocycles. The van der Waals surface area contributed by atoms with Crippen LogP contribution in [0.15, 0.2) is 18.2 Å². The van der Waals surface area contributed by atoms with Crippen LogP contribution in [-0.2, 0) is 6.18 Å². The Morgan fingerprint density at radius 2 is 1.78 bits per heavy atom. The predicted octanol–water partition coefficient (Wildman–Crippen LogP) is 3.17.